The van der Waals surface area contributed by atoms with Crippen LogP contribution in [0.5, 0.6) is 23.0 Å². The molecule has 4 rings (SSSR count). The summed E-state index contributed by atoms with van der Waals surface area (Å²) in [6.45, 7) is 3.39. The maximum atomic E-state index is 13.1. The highest BCUT2D eigenvalue weighted by Crippen LogP contribution is 2.38. The van der Waals surface area contributed by atoms with Crippen LogP contribution in [0, 0.1) is 0 Å². The number of phenols is 2. The first-order chi connectivity index (χ1) is 13.2. The van der Waals surface area contributed by atoms with Gasteiger partial charge in [0.2, 0.25) is 12.2 Å². The minimum atomic E-state index is -0.979. The van der Waals surface area contributed by atoms with Gasteiger partial charge in [0.15, 0.2) is 11.5 Å². The molecule has 2 heterocycles. The van der Waals surface area contributed by atoms with Crippen molar-refractivity contribution in [1.29, 1.82) is 0 Å². The predicted octanol–water partition coefficient (Wildman–Crippen LogP) is 3.30. The summed E-state index contributed by atoms with van der Waals surface area (Å²) in [5.74, 6) is 0.595. The molecule has 0 saturated carbocycles. The number of aliphatic hydroxyl groups is 1. The molecule has 0 unspecified atom stereocenters. The fourth-order valence-corrected chi connectivity index (χ4v) is 3.24. The van der Waals surface area contributed by atoms with Crippen molar-refractivity contribution in [2.75, 3.05) is 6.79 Å². The quantitative estimate of drug-likeness (QED) is 0.633. The second-order valence-corrected chi connectivity index (χ2v) is 7.45. The van der Waals surface area contributed by atoms with Gasteiger partial charge in [0.25, 0.3) is 0 Å². The second-order valence-electron chi connectivity index (χ2n) is 7.45. The molecule has 3 N–H and O–H groups in total. The summed E-state index contributed by atoms with van der Waals surface area (Å²) >= 11 is 0. The molecule has 0 saturated heterocycles. The Balaban J connectivity index is 1.85. The Morgan fingerprint density at radius 3 is 2.61 bits per heavy atom. The zero-order chi connectivity index (χ0) is 20.1. The summed E-state index contributed by atoms with van der Waals surface area (Å²) in [4.78, 5) is 13.1. The average Bonchev–Trinajstić information content (AvgIpc) is 3.08. The van der Waals surface area contributed by atoms with E-state index in [1.807, 2.05) is 0 Å². The van der Waals surface area contributed by atoms with Gasteiger partial charge in [0.1, 0.15) is 28.7 Å². The molecule has 146 valence electrons. The molecule has 0 aliphatic carbocycles. The van der Waals surface area contributed by atoms with Crippen molar-refractivity contribution in [3.63, 3.8) is 0 Å². The molecule has 1 aromatic heterocycles. The van der Waals surface area contributed by atoms with E-state index in [9.17, 15) is 20.1 Å². The van der Waals surface area contributed by atoms with Crippen molar-refractivity contribution in [3.05, 3.63) is 46.3 Å². The van der Waals surface area contributed by atoms with Crippen LogP contribution in [0.1, 0.15) is 25.8 Å². The standard InChI is InChI=1S/C21H20O7/c1-21(2,25)6-5-12-14(22)8-17-18(19(12)23)20(24)13(9-26-17)11-3-4-15-16(7-11)28-10-27-15/h3-4,7-9,22-23,25H,5-6,10H2,1-2H3. The number of ether oxygens (including phenoxy) is 2. The van der Waals surface area contributed by atoms with Gasteiger partial charge in [-0.3, -0.25) is 4.79 Å². The van der Waals surface area contributed by atoms with Gasteiger partial charge < -0.3 is 29.2 Å². The number of fused-ring (bicyclic) bond motifs is 2. The molecular formula is C21H20O7. The first-order valence-corrected chi connectivity index (χ1v) is 8.86. The molecule has 0 amide bonds. The van der Waals surface area contributed by atoms with Gasteiger partial charge in [-0.15, -0.1) is 0 Å². The van der Waals surface area contributed by atoms with Crippen molar-refractivity contribution in [3.8, 4) is 34.1 Å². The summed E-state index contributed by atoms with van der Waals surface area (Å²) in [6.07, 6.45) is 1.79. The molecule has 28 heavy (non-hydrogen) atoms. The fourth-order valence-electron chi connectivity index (χ4n) is 3.24. The highest BCUT2D eigenvalue weighted by Gasteiger charge is 2.22. The van der Waals surface area contributed by atoms with Crippen LogP contribution in [0.2, 0.25) is 0 Å². The Kier molecular flexibility index (Phi) is 4.19. The summed E-state index contributed by atoms with van der Waals surface area (Å²) in [6, 6.07) is 6.39. The molecule has 0 radical (unpaired) electrons. The fraction of sp³-hybridized carbons (Fsp3) is 0.286. The topological polar surface area (TPSA) is 109 Å². The van der Waals surface area contributed by atoms with Crippen LogP contribution in [-0.4, -0.2) is 27.7 Å². The predicted molar refractivity (Wildman–Crippen MR) is 102 cm³/mol. The Bertz CT molecular complexity index is 1120. The van der Waals surface area contributed by atoms with Gasteiger partial charge >= 0.3 is 0 Å². The maximum absolute atomic E-state index is 13.1. The minimum absolute atomic E-state index is 0.0151. The lowest BCUT2D eigenvalue weighted by Crippen LogP contribution is -2.19. The molecule has 0 spiro atoms. The molecule has 7 nitrogen and oxygen atoms in total. The monoisotopic (exact) mass is 384 g/mol. The van der Waals surface area contributed by atoms with Crippen molar-refractivity contribution < 1.29 is 29.2 Å². The normalized spacial score (nSPS) is 13.2. The Hall–Kier alpha value is -3.19. The summed E-state index contributed by atoms with van der Waals surface area (Å²) in [7, 11) is 0. The molecule has 1 aliphatic rings. The SMILES string of the molecule is CC(C)(O)CCc1c(O)cc2occ(-c3ccc4c(c3)OCO4)c(=O)c2c1O. The number of hydrogen-bond acceptors (Lipinski definition) is 7. The van der Waals surface area contributed by atoms with Crippen LogP contribution in [0.15, 0.2) is 39.7 Å². The number of aromatic hydroxyl groups is 2. The zero-order valence-corrected chi connectivity index (χ0v) is 15.5. The molecule has 0 bridgehead atoms. The van der Waals surface area contributed by atoms with Gasteiger partial charge in [-0.25, -0.2) is 0 Å². The van der Waals surface area contributed by atoms with Crippen LogP contribution < -0.4 is 14.9 Å². The van der Waals surface area contributed by atoms with Gasteiger partial charge in [-0.1, -0.05) is 6.07 Å². The number of rotatable bonds is 4. The summed E-state index contributed by atoms with van der Waals surface area (Å²) < 4.78 is 16.1. The van der Waals surface area contributed by atoms with Crippen molar-refractivity contribution in [2.24, 2.45) is 0 Å². The molecule has 0 fully saturated rings. The van der Waals surface area contributed by atoms with E-state index in [1.54, 1.807) is 32.0 Å². The van der Waals surface area contributed by atoms with Crippen LogP contribution in [-0.2, 0) is 6.42 Å². The van der Waals surface area contributed by atoms with E-state index in [0.29, 0.717) is 23.5 Å². The molecule has 7 heteroatoms. The third-order valence-electron chi connectivity index (χ3n) is 4.79. The third-order valence-corrected chi connectivity index (χ3v) is 4.79. The van der Waals surface area contributed by atoms with Crippen LogP contribution in [0.3, 0.4) is 0 Å². The van der Waals surface area contributed by atoms with Gasteiger partial charge in [0.05, 0.1) is 11.2 Å². The molecule has 2 aromatic carbocycles. The Morgan fingerprint density at radius 2 is 1.86 bits per heavy atom. The van der Waals surface area contributed by atoms with E-state index in [2.05, 4.69) is 0 Å². The highest BCUT2D eigenvalue weighted by molar-refractivity contribution is 5.89. The number of benzene rings is 2. The first-order valence-electron chi connectivity index (χ1n) is 8.86. The van der Waals surface area contributed by atoms with Gasteiger partial charge in [0, 0.05) is 11.6 Å². The van der Waals surface area contributed by atoms with Crippen molar-refractivity contribution >= 4 is 11.0 Å². The maximum Gasteiger partial charge on any atom is 0.231 e. The lowest BCUT2D eigenvalue weighted by atomic mass is 9.96. The third kappa shape index (κ3) is 3.14. The summed E-state index contributed by atoms with van der Waals surface area (Å²) in [5, 5.41) is 30.8. The van der Waals surface area contributed by atoms with E-state index in [-0.39, 0.29) is 46.8 Å². The summed E-state index contributed by atoms with van der Waals surface area (Å²) in [5.41, 5.74) is -0.318. The van der Waals surface area contributed by atoms with E-state index in [0.717, 1.165) is 0 Å². The highest BCUT2D eigenvalue weighted by atomic mass is 16.7. The van der Waals surface area contributed by atoms with E-state index < -0.39 is 11.0 Å². The first kappa shape index (κ1) is 18.2. The van der Waals surface area contributed by atoms with Crippen LogP contribution in [0.25, 0.3) is 22.1 Å². The van der Waals surface area contributed by atoms with Crippen LogP contribution in [0.4, 0.5) is 0 Å². The largest absolute Gasteiger partial charge is 0.507 e. The number of phenolic OH excluding ortho intramolecular Hbond substituents is 2. The van der Waals surface area contributed by atoms with Crippen molar-refractivity contribution in [1.82, 2.24) is 0 Å². The molecule has 1 aliphatic heterocycles. The number of hydrogen-bond donors (Lipinski definition) is 3. The van der Waals surface area contributed by atoms with Gasteiger partial charge in [-0.05, 0) is 44.4 Å². The Labute approximate surface area is 160 Å². The van der Waals surface area contributed by atoms with Crippen LogP contribution >= 0.6 is 0 Å². The zero-order valence-electron chi connectivity index (χ0n) is 15.5. The molecule has 3 aromatic rings. The van der Waals surface area contributed by atoms with E-state index in [1.165, 1.54) is 12.3 Å². The van der Waals surface area contributed by atoms with E-state index >= 15 is 0 Å². The average molecular weight is 384 g/mol. The molecule has 0 atom stereocenters. The van der Waals surface area contributed by atoms with Crippen molar-refractivity contribution in [2.45, 2.75) is 32.3 Å². The minimum Gasteiger partial charge on any atom is -0.507 e. The lowest BCUT2D eigenvalue weighted by Gasteiger charge is -2.18. The Morgan fingerprint density at radius 1 is 1.11 bits per heavy atom. The smallest absolute Gasteiger partial charge is 0.231 e. The molecular weight excluding hydrogens is 364 g/mol. The lowest BCUT2D eigenvalue weighted by molar-refractivity contribution is 0.0711. The second kappa shape index (κ2) is 6.45. The van der Waals surface area contributed by atoms with Gasteiger partial charge in [-0.2, -0.15) is 0 Å². The van der Waals surface area contributed by atoms with E-state index in [4.69, 9.17) is 13.9 Å².